The molecule has 0 atom stereocenters. The largest absolute Gasteiger partial charge is 0.466 e. The van der Waals surface area contributed by atoms with E-state index in [1.807, 2.05) is 0 Å². The third-order valence-corrected chi connectivity index (χ3v) is 5.42. The Labute approximate surface area is 214 Å². The number of esters is 2. The maximum Gasteiger partial charge on any atom is 0.432 e. The highest BCUT2D eigenvalue weighted by Crippen LogP contribution is 2.35. The van der Waals surface area contributed by atoms with E-state index in [1.165, 1.54) is 19.1 Å². The molecule has 0 fully saturated rings. The van der Waals surface area contributed by atoms with Gasteiger partial charge in [-0.3, -0.25) is 4.79 Å². The molecule has 0 spiro atoms. The monoisotopic (exact) mass is 524 g/mol. The fourth-order valence-corrected chi connectivity index (χ4v) is 3.41. The van der Waals surface area contributed by atoms with Crippen molar-refractivity contribution in [2.45, 2.75) is 64.9 Å². The summed E-state index contributed by atoms with van der Waals surface area (Å²) < 4.78 is 72.9. The first-order valence-electron chi connectivity index (χ1n) is 12.2. The second-order valence-corrected chi connectivity index (χ2v) is 8.60. The molecule has 0 amide bonds. The molecule has 0 unspecified atom stereocenters. The van der Waals surface area contributed by atoms with Gasteiger partial charge in [0.1, 0.15) is 22.9 Å². The van der Waals surface area contributed by atoms with Crippen molar-refractivity contribution >= 4 is 11.9 Å². The van der Waals surface area contributed by atoms with Crippen LogP contribution >= 0.6 is 0 Å². The van der Waals surface area contributed by atoms with E-state index in [-0.39, 0.29) is 35.9 Å². The molecule has 0 saturated carbocycles. The Morgan fingerprint density at radius 1 is 0.865 bits per heavy atom. The van der Waals surface area contributed by atoms with Crippen LogP contribution in [0.5, 0.6) is 5.75 Å². The van der Waals surface area contributed by atoms with E-state index in [1.54, 1.807) is 19.1 Å². The van der Waals surface area contributed by atoms with Gasteiger partial charge in [0.2, 0.25) is 0 Å². The molecule has 37 heavy (non-hydrogen) atoms. The molecule has 2 aromatic rings. The summed E-state index contributed by atoms with van der Waals surface area (Å²) in [6.45, 7) is 7.13. The fourth-order valence-electron chi connectivity index (χ4n) is 3.41. The van der Waals surface area contributed by atoms with E-state index >= 15 is 0 Å². The fraction of sp³-hybridized carbons (Fsp3) is 0.429. The zero-order valence-corrected chi connectivity index (χ0v) is 21.1. The van der Waals surface area contributed by atoms with Gasteiger partial charge in [0.15, 0.2) is 0 Å². The second-order valence-electron chi connectivity index (χ2n) is 8.60. The Kier molecular flexibility index (Phi) is 11.6. The Morgan fingerprint density at radius 2 is 1.41 bits per heavy atom. The zero-order chi connectivity index (χ0) is 27.4. The van der Waals surface area contributed by atoms with Crippen molar-refractivity contribution in [1.82, 2.24) is 0 Å². The highest BCUT2D eigenvalue weighted by atomic mass is 19.3. The van der Waals surface area contributed by atoms with Gasteiger partial charge in [-0.05, 0) is 80.8 Å². The van der Waals surface area contributed by atoms with Crippen LogP contribution in [0.25, 0.3) is 0 Å². The smallest absolute Gasteiger partial charge is 0.432 e. The Hall–Kier alpha value is -3.36. The summed E-state index contributed by atoms with van der Waals surface area (Å²) in [5, 5.41) is 0. The minimum atomic E-state index is -4.23. The molecular formula is C28H32F4O5. The summed E-state index contributed by atoms with van der Waals surface area (Å²) in [4.78, 5) is 22.4. The predicted molar refractivity (Wildman–Crippen MR) is 130 cm³/mol. The van der Waals surface area contributed by atoms with Gasteiger partial charge in [0.25, 0.3) is 0 Å². The number of carbonyl (C=O) groups excluding carboxylic acids is 2. The molecule has 202 valence electrons. The highest BCUT2D eigenvalue weighted by molar-refractivity contribution is 5.86. The third-order valence-electron chi connectivity index (χ3n) is 5.42. The highest BCUT2D eigenvalue weighted by Gasteiger charge is 2.41. The first-order valence-corrected chi connectivity index (χ1v) is 12.2. The third kappa shape index (κ3) is 9.90. The first-order chi connectivity index (χ1) is 17.5. The average molecular weight is 525 g/mol. The van der Waals surface area contributed by atoms with Crippen molar-refractivity contribution < 1.29 is 41.4 Å². The maximum absolute atomic E-state index is 14.7. The van der Waals surface area contributed by atoms with Crippen LogP contribution in [0.2, 0.25) is 0 Å². The molecule has 0 aromatic heterocycles. The number of hydrogen-bond donors (Lipinski definition) is 0. The van der Waals surface area contributed by atoms with Gasteiger partial charge in [-0.2, -0.15) is 8.78 Å². The van der Waals surface area contributed by atoms with Crippen LogP contribution in [-0.2, 0) is 38.0 Å². The summed E-state index contributed by atoms with van der Waals surface area (Å²) in [6.07, 6.45) is -0.783. The molecule has 2 rings (SSSR count). The predicted octanol–water partition coefficient (Wildman–Crippen LogP) is 6.81. The molecule has 2 aromatic carbocycles. The van der Waals surface area contributed by atoms with E-state index in [2.05, 4.69) is 11.3 Å². The van der Waals surface area contributed by atoms with E-state index in [0.29, 0.717) is 38.7 Å². The van der Waals surface area contributed by atoms with Crippen LogP contribution in [0.15, 0.2) is 48.6 Å². The lowest BCUT2D eigenvalue weighted by atomic mass is 10.0. The molecule has 0 saturated heterocycles. The van der Waals surface area contributed by atoms with Gasteiger partial charge < -0.3 is 14.2 Å². The summed E-state index contributed by atoms with van der Waals surface area (Å²) >= 11 is 0. The summed E-state index contributed by atoms with van der Waals surface area (Å²) in [5.41, 5.74) is -0.136. The minimum absolute atomic E-state index is 0.119. The van der Waals surface area contributed by atoms with Crippen LogP contribution in [0.4, 0.5) is 17.6 Å². The summed E-state index contributed by atoms with van der Waals surface area (Å²) in [7, 11) is 0. The van der Waals surface area contributed by atoms with Crippen LogP contribution in [0, 0.1) is 11.6 Å². The van der Waals surface area contributed by atoms with Crippen molar-refractivity contribution in [1.29, 1.82) is 0 Å². The normalized spacial score (nSPS) is 11.2. The first kappa shape index (κ1) is 29.9. The van der Waals surface area contributed by atoms with Gasteiger partial charge in [-0.1, -0.05) is 25.6 Å². The number of benzene rings is 2. The van der Waals surface area contributed by atoms with E-state index in [9.17, 15) is 27.2 Å². The number of carbonyl (C=O) groups is 2. The molecule has 0 heterocycles. The quantitative estimate of drug-likeness (QED) is 0.111. The molecular weight excluding hydrogens is 492 g/mol. The SMILES string of the molecule is C=C(C)C(=O)OCCCCc1cc(F)c(C(F)(F)Oc2ccc(CCCCOC(=O)CC)cc2)c(F)c1. The van der Waals surface area contributed by atoms with Crippen LogP contribution < -0.4 is 4.74 Å². The van der Waals surface area contributed by atoms with Crippen molar-refractivity contribution in [3.05, 3.63) is 76.9 Å². The van der Waals surface area contributed by atoms with Crippen LogP contribution in [0.3, 0.4) is 0 Å². The molecule has 0 aliphatic carbocycles. The van der Waals surface area contributed by atoms with Crippen molar-refractivity contribution in [3.8, 4) is 5.75 Å². The average Bonchev–Trinajstić information content (AvgIpc) is 2.83. The number of ether oxygens (including phenoxy) is 3. The van der Waals surface area contributed by atoms with E-state index < -0.39 is 29.3 Å². The summed E-state index contributed by atoms with van der Waals surface area (Å²) in [6, 6.07) is 7.52. The number of rotatable bonds is 15. The van der Waals surface area contributed by atoms with Gasteiger partial charge in [-0.15, -0.1) is 0 Å². The number of unbranched alkanes of at least 4 members (excludes halogenated alkanes) is 2. The lowest BCUT2D eigenvalue weighted by Gasteiger charge is -2.20. The zero-order valence-electron chi connectivity index (χ0n) is 21.1. The van der Waals surface area contributed by atoms with Gasteiger partial charge in [0, 0.05) is 12.0 Å². The molecule has 0 aliphatic rings. The van der Waals surface area contributed by atoms with Crippen molar-refractivity contribution in [2.24, 2.45) is 0 Å². The standard InChI is InChI=1S/C28H32F4O5/c1-4-25(33)35-15-7-5-9-20-11-13-22(14-12-20)37-28(31,32)26-23(29)17-21(18-24(26)30)10-6-8-16-36-27(34)19(2)3/h11-14,17-18H,2,4-10,15-16H2,1,3H3. The number of alkyl halides is 2. The van der Waals surface area contributed by atoms with E-state index in [0.717, 1.165) is 24.1 Å². The van der Waals surface area contributed by atoms with Gasteiger partial charge in [-0.25, -0.2) is 13.6 Å². The van der Waals surface area contributed by atoms with Crippen molar-refractivity contribution in [2.75, 3.05) is 13.2 Å². The topological polar surface area (TPSA) is 61.8 Å². The Balaban J connectivity index is 1.90. The Bertz CT molecular complexity index is 1040. The van der Waals surface area contributed by atoms with Crippen LogP contribution in [0.1, 0.15) is 62.6 Å². The minimum Gasteiger partial charge on any atom is -0.466 e. The molecule has 0 N–H and O–H groups in total. The molecule has 9 heteroatoms. The lowest BCUT2D eigenvalue weighted by Crippen LogP contribution is -2.25. The van der Waals surface area contributed by atoms with Gasteiger partial charge in [0.05, 0.1) is 13.2 Å². The number of halogens is 4. The summed E-state index contributed by atoms with van der Waals surface area (Å²) in [5.74, 6) is -3.84. The molecule has 0 radical (unpaired) electrons. The Morgan fingerprint density at radius 3 is 1.95 bits per heavy atom. The second kappa shape index (κ2) is 14.4. The number of hydrogen-bond acceptors (Lipinski definition) is 5. The van der Waals surface area contributed by atoms with E-state index in [4.69, 9.17) is 9.47 Å². The van der Waals surface area contributed by atoms with Crippen molar-refractivity contribution in [3.63, 3.8) is 0 Å². The molecule has 0 aliphatic heterocycles. The lowest BCUT2D eigenvalue weighted by molar-refractivity contribution is -0.189. The molecule has 5 nitrogen and oxygen atoms in total. The van der Waals surface area contributed by atoms with Crippen LogP contribution in [-0.4, -0.2) is 25.2 Å². The number of aryl methyl sites for hydroxylation is 2. The maximum atomic E-state index is 14.7. The van der Waals surface area contributed by atoms with Gasteiger partial charge >= 0.3 is 18.0 Å². The molecule has 0 bridgehead atoms.